The van der Waals surface area contributed by atoms with Crippen molar-refractivity contribution in [3.8, 4) is 0 Å². The molecule has 2 bridgehead atoms. The summed E-state index contributed by atoms with van der Waals surface area (Å²) in [6.45, 7) is 9.92. The van der Waals surface area contributed by atoms with Crippen LogP contribution in [0.5, 0.6) is 0 Å². The number of rotatable bonds is 12. The van der Waals surface area contributed by atoms with Gasteiger partial charge in [-0.15, -0.1) is 13.2 Å². The van der Waals surface area contributed by atoms with Gasteiger partial charge in [0.1, 0.15) is 11.6 Å². The first-order chi connectivity index (χ1) is 23.2. The number of likely N-dealkylation sites (tertiary alicyclic amines) is 1. The molecule has 0 aromatic heterocycles. The van der Waals surface area contributed by atoms with Crippen molar-refractivity contribution in [2.75, 3.05) is 24.6 Å². The van der Waals surface area contributed by atoms with E-state index in [1.54, 1.807) is 28.0 Å². The van der Waals surface area contributed by atoms with Crippen LogP contribution in [0.15, 0.2) is 104 Å². The van der Waals surface area contributed by atoms with Crippen molar-refractivity contribution in [2.45, 2.75) is 48.5 Å². The molecule has 250 valence electrons. The SMILES string of the molecule is C=CCN(Cc1ccccc1)C(=O)[C@H]1[C@H]2C(=O)N([C@H](CO)c3ccccc3)C(C(=O)N(CC=C)c3c(C)cccc3Cl)C23CC(Br)[C@@H]1O3. The van der Waals surface area contributed by atoms with E-state index in [-0.39, 0.29) is 23.8 Å². The highest BCUT2D eigenvalue weighted by Gasteiger charge is 2.77. The number of carbonyl (C=O) groups excluding carboxylic acids is 3. The topological polar surface area (TPSA) is 90.4 Å². The molecule has 8 nitrogen and oxygen atoms in total. The Kier molecular flexibility index (Phi) is 9.95. The van der Waals surface area contributed by atoms with Gasteiger partial charge in [0.2, 0.25) is 11.8 Å². The average molecular weight is 733 g/mol. The second-order valence-corrected chi connectivity index (χ2v) is 14.2. The van der Waals surface area contributed by atoms with Crippen molar-refractivity contribution in [1.82, 2.24) is 9.80 Å². The van der Waals surface area contributed by atoms with Crippen LogP contribution in [0.4, 0.5) is 5.69 Å². The fourth-order valence-electron chi connectivity index (χ4n) is 7.93. The number of hydrogen-bond donors (Lipinski definition) is 1. The van der Waals surface area contributed by atoms with Crippen molar-refractivity contribution in [2.24, 2.45) is 11.8 Å². The molecule has 3 aromatic rings. The molecular formula is C38H39BrClN3O5. The van der Waals surface area contributed by atoms with Crippen LogP contribution in [0, 0.1) is 18.8 Å². The summed E-state index contributed by atoms with van der Waals surface area (Å²) in [6.07, 6.45) is 2.95. The summed E-state index contributed by atoms with van der Waals surface area (Å²) in [5.74, 6) is -2.89. The number of hydrogen-bond acceptors (Lipinski definition) is 5. The number of carbonyl (C=O) groups is 3. The van der Waals surface area contributed by atoms with Crippen LogP contribution >= 0.6 is 27.5 Å². The predicted molar refractivity (Wildman–Crippen MR) is 190 cm³/mol. The van der Waals surface area contributed by atoms with Crippen molar-refractivity contribution >= 4 is 50.9 Å². The lowest BCUT2D eigenvalue weighted by molar-refractivity contribution is -0.147. The van der Waals surface area contributed by atoms with E-state index in [0.29, 0.717) is 29.2 Å². The normalized spacial score (nSPS) is 26.2. The van der Waals surface area contributed by atoms with E-state index in [1.807, 2.05) is 79.7 Å². The summed E-state index contributed by atoms with van der Waals surface area (Å²) < 4.78 is 6.83. The van der Waals surface area contributed by atoms with Crippen molar-refractivity contribution in [1.29, 1.82) is 0 Å². The molecule has 0 aliphatic carbocycles. The number of fused-ring (bicyclic) bond motifs is 1. The summed E-state index contributed by atoms with van der Waals surface area (Å²) >= 11 is 10.5. The minimum atomic E-state index is -1.35. The Morgan fingerprint density at radius 3 is 2.33 bits per heavy atom. The highest BCUT2D eigenvalue weighted by molar-refractivity contribution is 9.09. The molecule has 3 amide bonds. The monoisotopic (exact) mass is 731 g/mol. The third-order valence-electron chi connectivity index (χ3n) is 9.85. The molecule has 3 aromatic carbocycles. The Morgan fingerprint density at radius 1 is 1.04 bits per heavy atom. The lowest BCUT2D eigenvalue weighted by Crippen LogP contribution is -2.58. The maximum absolute atomic E-state index is 15.2. The molecule has 7 atom stereocenters. The molecular weight excluding hydrogens is 694 g/mol. The average Bonchev–Trinajstić information content (AvgIpc) is 3.68. The molecule has 6 rings (SSSR count). The first kappa shape index (κ1) is 34.1. The first-order valence-electron chi connectivity index (χ1n) is 16.1. The third kappa shape index (κ3) is 5.70. The molecule has 1 spiro atoms. The van der Waals surface area contributed by atoms with Crippen LogP contribution in [0.1, 0.15) is 29.2 Å². The van der Waals surface area contributed by atoms with E-state index in [9.17, 15) is 14.7 Å². The van der Waals surface area contributed by atoms with Gasteiger partial charge in [-0.3, -0.25) is 14.4 Å². The van der Waals surface area contributed by atoms with Crippen LogP contribution < -0.4 is 4.90 Å². The smallest absolute Gasteiger partial charge is 0.253 e. The van der Waals surface area contributed by atoms with Crippen molar-refractivity contribution < 1.29 is 24.2 Å². The number of anilines is 1. The summed E-state index contributed by atoms with van der Waals surface area (Å²) in [7, 11) is 0. The minimum absolute atomic E-state index is 0.117. The van der Waals surface area contributed by atoms with Gasteiger partial charge in [0.25, 0.3) is 5.91 Å². The van der Waals surface area contributed by atoms with E-state index in [2.05, 4.69) is 29.1 Å². The zero-order valence-electron chi connectivity index (χ0n) is 26.8. The van der Waals surface area contributed by atoms with Crippen LogP contribution in [0.3, 0.4) is 0 Å². The largest absolute Gasteiger partial charge is 0.394 e. The first-order valence-corrected chi connectivity index (χ1v) is 17.4. The fraction of sp³-hybridized carbons (Fsp3) is 0.342. The molecule has 3 fully saturated rings. The third-order valence-corrected chi connectivity index (χ3v) is 11.0. The van der Waals surface area contributed by atoms with Gasteiger partial charge in [-0.2, -0.15) is 0 Å². The lowest BCUT2D eigenvalue weighted by atomic mass is 9.70. The second kappa shape index (κ2) is 14.0. The van der Waals surface area contributed by atoms with Gasteiger partial charge in [-0.05, 0) is 36.1 Å². The highest BCUT2D eigenvalue weighted by atomic mass is 79.9. The summed E-state index contributed by atoms with van der Waals surface area (Å²) in [6, 6.07) is 22.1. The molecule has 1 N–H and O–H groups in total. The summed E-state index contributed by atoms with van der Waals surface area (Å²) in [4.78, 5) is 49.2. The Bertz CT molecular complexity index is 1690. The number of aryl methyl sites for hydroxylation is 1. The van der Waals surface area contributed by atoms with Crippen LogP contribution in [-0.4, -0.2) is 74.9 Å². The van der Waals surface area contributed by atoms with E-state index in [1.165, 1.54) is 4.90 Å². The lowest BCUT2D eigenvalue weighted by Gasteiger charge is -2.40. The summed E-state index contributed by atoms with van der Waals surface area (Å²) in [5.41, 5.74) is 1.53. The molecule has 0 radical (unpaired) electrons. The van der Waals surface area contributed by atoms with Crippen molar-refractivity contribution in [3.63, 3.8) is 0 Å². The predicted octanol–water partition coefficient (Wildman–Crippen LogP) is 5.86. The second-order valence-electron chi connectivity index (χ2n) is 12.7. The standard InChI is InChI=1S/C38H39BrClN3O5/c1-4-19-41(22-25-14-8-6-9-15-25)35(45)30-31-36(46)43(29(23-44)26-16-10-7-11-17-26)34(38(31)21-27(39)33(30)48-38)37(47)42(20-5-2)32-24(3)13-12-18-28(32)40/h4-18,27,29-31,33-34,44H,1-2,19-23H2,3H3/t27?,29-,30+,31+,33+,34?,38?/m1/s1. The Balaban J connectivity index is 1.49. The van der Waals surface area contributed by atoms with E-state index in [0.717, 1.165) is 11.1 Å². The van der Waals surface area contributed by atoms with E-state index in [4.69, 9.17) is 16.3 Å². The number of alkyl halides is 1. The Morgan fingerprint density at radius 2 is 1.71 bits per heavy atom. The zero-order valence-corrected chi connectivity index (χ0v) is 29.1. The fourth-order valence-corrected chi connectivity index (χ4v) is 9.20. The van der Waals surface area contributed by atoms with Gasteiger partial charge in [-0.1, -0.05) is 112 Å². The van der Waals surface area contributed by atoms with Gasteiger partial charge in [0.15, 0.2) is 0 Å². The zero-order chi connectivity index (χ0) is 34.2. The van der Waals surface area contributed by atoms with Gasteiger partial charge in [0, 0.05) is 24.5 Å². The number of halogens is 2. The maximum atomic E-state index is 15.2. The molecule has 3 unspecified atom stereocenters. The van der Waals surface area contributed by atoms with Crippen molar-refractivity contribution in [3.05, 3.63) is 126 Å². The molecule has 3 aliphatic heterocycles. The van der Waals surface area contributed by atoms with Crippen LogP contribution in [0.25, 0.3) is 0 Å². The summed E-state index contributed by atoms with van der Waals surface area (Å²) in [5, 5.41) is 11.3. The van der Waals surface area contributed by atoms with Gasteiger partial charge < -0.3 is 24.5 Å². The number of amides is 3. The number of aliphatic hydroxyl groups excluding tert-OH is 1. The van der Waals surface area contributed by atoms with Crippen LogP contribution in [0.2, 0.25) is 5.02 Å². The van der Waals surface area contributed by atoms with Gasteiger partial charge in [0.05, 0.1) is 41.3 Å². The molecule has 3 saturated heterocycles. The number of ether oxygens (including phenoxy) is 1. The number of benzene rings is 3. The molecule has 48 heavy (non-hydrogen) atoms. The van der Waals surface area contributed by atoms with E-state index >= 15 is 4.79 Å². The maximum Gasteiger partial charge on any atom is 0.253 e. The van der Waals surface area contributed by atoms with Crippen LogP contribution in [-0.2, 0) is 25.7 Å². The molecule has 3 aliphatic rings. The number of para-hydroxylation sites is 1. The number of aliphatic hydroxyl groups is 1. The quantitative estimate of drug-likeness (QED) is 0.186. The molecule has 3 heterocycles. The molecule has 10 heteroatoms. The molecule has 0 saturated carbocycles. The Labute approximate surface area is 294 Å². The minimum Gasteiger partial charge on any atom is -0.394 e. The van der Waals surface area contributed by atoms with E-state index < -0.39 is 54.0 Å². The van der Waals surface area contributed by atoms with Gasteiger partial charge in [-0.25, -0.2) is 0 Å². The highest BCUT2D eigenvalue weighted by Crippen LogP contribution is 2.61. The number of nitrogens with zero attached hydrogens (tertiary/aromatic N) is 3. The Hall–Kier alpha value is -3.76. The van der Waals surface area contributed by atoms with Gasteiger partial charge >= 0.3 is 0 Å².